The van der Waals surface area contributed by atoms with Crippen molar-refractivity contribution in [1.29, 1.82) is 0 Å². The minimum absolute atomic E-state index is 0.0527. The van der Waals surface area contributed by atoms with Gasteiger partial charge < -0.3 is 9.84 Å². The molecular formula is C9H14O2. The average Bonchev–Trinajstić information content (AvgIpc) is 2.51. The van der Waals surface area contributed by atoms with Crippen LogP contribution >= 0.6 is 0 Å². The van der Waals surface area contributed by atoms with Crippen LogP contribution in [0.4, 0.5) is 0 Å². The molecule has 4 unspecified atom stereocenters. The molecule has 4 fully saturated rings. The molecule has 2 nitrogen and oxygen atoms in total. The van der Waals surface area contributed by atoms with E-state index in [4.69, 9.17) is 4.74 Å². The number of hydrogen-bond donors (Lipinski definition) is 1. The maximum absolute atomic E-state index is 9.75. The van der Waals surface area contributed by atoms with E-state index in [1.165, 1.54) is 12.8 Å². The molecule has 2 heterocycles. The smallest absolute Gasteiger partial charge is 0.0975 e. The zero-order valence-corrected chi connectivity index (χ0v) is 6.62. The van der Waals surface area contributed by atoms with Crippen molar-refractivity contribution >= 4 is 0 Å². The maximum atomic E-state index is 9.75. The van der Waals surface area contributed by atoms with E-state index in [2.05, 4.69) is 0 Å². The lowest BCUT2D eigenvalue weighted by Crippen LogP contribution is -2.58. The molecule has 1 spiro atoms. The van der Waals surface area contributed by atoms with Gasteiger partial charge in [0, 0.05) is 0 Å². The molecular weight excluding hydrogens is 140 g/mol. The summed E-state index contributed by atoms with van der Waals surface area (Å²) in [5.41, 5.74) is -0.0527. The van der Waals surface area contributed by atoms with Crippen LogP contribution in [0.3, 0.4) is 0 Å². The Balaban J connectivity index is 1.93. The fourth-order valence-electron chi connectivity index (χ4n) is 3.28. The number of fused-ring (bicyclic) bond motifs is 1. The number of rotatable bonds is 0. The normalized spacial score (nSPS) is 60.3. The molecule has 0 radical (unpaired) electrons. The van der Waals surface area contributed by atoms with Gasteiger partial charge in [0.15, 0.2) is 0 Å². The summed E-state index contributed by atoms with van der Waals surface area (Å²) in [6.07, 6.45) is 4.44. The summed E-state index contributed by atoms with van der Waals surface area (Å²) >= 11 is 0. The van der Waals surface area contributed by atoms with Crippen molar-refractivity contribution in [1.82, 2.24) is 0 Å². The van der Waals surface area contributed by atoms with E-state index < -0.39 is 0 Å². The predicted molar refractivity (Wildman–Crippen MR) is 40.1 cm³/mol. The standard InChI is InChI=1S/C9H14O2/c10-8-3-1-2-7-6-4-9(7,8)11-5-6/h6-8,10H,1-5H2. The first-order valence-electron chi connectivity index (χ1n) is 4.65. The van der Waals surface area contributed by atoms with Crippen LogP contribution in [0.25, 0.3) is 0 Å². The zero-order chi connectivity index (χ0) is 7.47. The maximum Gasteiger partial charge on any atom is 0.0975 e. The van der Waals surface area contributed by atoms with Crippen molar-refractivity contribution in [3.63, 3.8) is 0 Å². The van der Waals surface area contributed by atoms with E-state index in [1.807, 2.05) is 0 Å². The van der Waals surface area contributed by atoms with Crippen LogP contribution in [-0.4, -0.2) is 23.4 Å². The van der Waals surface area contributed by atoms with Crippen LogP contribution in [-0.2, 0) is 4.74 Å². The summed E-state index contributed by atoms with van der Waals surface area (Å²) in [6, 6.07) is 0. The summed E-state index contributed by atoms with van der Waals surface area (Å²) in [7, 11) is 0. The number of ether oxygens (including phenoxy) is 1. The van der Waals surface area contributed by atoms with E-state index in [-0.39, 0.29) is 11.7 Å². The molecule has 0 aromatic carbocycles. The third-order valence-corrected chi connectivity index (χ3v) is 3.90. The largest absolute Gasteiger partial charge is 0.390 e. The lowest BCUT2D eigenvalue weighted by atomic mass is 9.57. The summed E-state index contributed by atoms with van der Waals surface area (Å²) in [4.78, 5) is 0. The Bertz CT molecular complexity index is 188. The van der Waals surface area contributed by atoms with E-state index in [9.17, 15) is 5.11 Å². The van der Waals surface area contributed by atoms with E-state index >= 15 is 0 Å². The second kappa shape index (κ2) is 1.80. The third-order valence-electron chi connectivity index (χ3n) is 3.90. The number of aliphatic hydroxyl groups excluding tert-OH is 1. The van der Waals surface area contributed by atoms with E-state index in [0.717, 1.165) is 25.4 Å². The van der Waals surface area contributed by atoms with Crippen LogP contribution in [0.2, 0.25) is 0 Å². The molecule has 2 heteroatoms. The Morgan fingerprint density at radius 2 is 2.27 bits per heavy atom. The van der Waals surface area contributed by atoms with Gasteiger partial charge in [0.25, 0.3) is 0 Å². The summed E-state index contributed by atoms with van der Waals surface area (Å²) < 4.78 is 5.68. The summed E-state index contributed by atoms with van der Waals surface area (Å²) in [5.74, 6) is 1.51. The average molecular weight is 154 g/mol. The Hall–Kier alpha value is -0.0800. The highest BCUT2D eigenvalue weighted by atomic mass is 16.5. The topological polar surface area (TPSA) is 29.5 Å². The lowest BCUT2D eigenvalue weighted by Gasteiger charge is -2.51. The van der Waals surface area contributed by atoms with Crippen LogP contribution in [0.5, 0.6) is 0 Å². The highest BCUT2D eigenvalue weighted by molar-refractivity contribution is 5.13. The molecule has 2 aliphatic carbocycles. The summed E-state index contributed by atoms with van der Waals surface area (Å²) in [6.45, 7) is 0.918. The van der Waals surface area contributed by atoms with Crippen molar-refractivity contribution in [2.24, 2.45) is 11.8 Å². The van der Waals surface area contributed by atoms with Crippen LogP contribution in [0.1, 0.15) is 25.7 Å². The third kappa shape index (κ3) is 0.574. The zero-order valence-electron chi connectivity index (χ0n) is 6.62. The van der Waals surface area contributed by atoms with Crippen molar-refractivity contribution in [2.45, 2.75) is 37.4 Å². The molecule has 1 N–H and O–H groups in total. The quantitative estimate of drug-likeness (QED) is 0.562. The fraction of sp³-hybridized carbons (Fsp3) is 1.00. The van der Waals surface area contributed by atoms with Gasteiger partial charge in [-0.15, -0.1) is 0 Å². The predicted octanol–water partition coefficient (Wildman–Crippen LogP) is 0.936. The minimum atomic E-state index is -0.153. The van der Waals surface area contributed by atoms with Gasteiger partial charge in [-0.05, 0) is 31.1 Å². The van der Waals surface area contributed by atoms with Crippen molar-refractivity contribution < 1.29 is 9.84 Å². The second-order valence-electron chi connectivity index (χ2n) is 4.28. The minimum Gasteiger partial charge on any atom is -0.390 e. The van der Waals surface area contributed by atoms with Gasteiger partial charge in [0.2, 0.25) is 0 Å². The SMILES string of the molecule is OC1CCCC2C3COC12C3. The molecule has 0 amide bonds. The molecule has 4 atom stereocenters. The van der Waals surface area contributed by atoms with Gasteiger partial charge in [0.05, 0.1) is 18.3 Å². The monoisotopic (exact) mass is 154 g/mol. The molecule has 2 saturated heterocycles. The highest BCUT2D eigenvalue weighted by Crippen LogP contribution is 2.59. The Labute approximate surface area is 66.5 Å². The Morgan fingerprint density at radius 3 is 3.00 bits per heavy atom. The van der Waals surface area contributed by atoms with E-state index in [1.54, 1.807) is 0 Å². The molecule has 62 valence electrons. The van der Waals surface area contributed by atoms with Crippen molar-refractivity contribution in [3.8, 4) is 0 Å². The summed E-state index contributed by atoms with van der Waals surface area (Å²) in [5, 5.41) is 9.75. The molecule has 2 saturated carbocycles. The van der Waals surface area contributed by atoms with Gasteiger partial charge in [-0.3, -0.25) is 0 Å². The van der Waals surface area contributed by atoms with Gasteiger partial charge in [-0.25, -0.2) is 0 Å². The number of hydrogen-bond acceptors (Lipinski definition) is 2. The van der Waals surface area contributed by atoms with Crippen LogP contribution in [0, 0.1) is 11.8 Å². The molecule has 0 aromatic heterocycles. The fourth-order valence-corrected chi connectivity index (χ4v) is 3.28. The van der Waals surface area contributed by atoms with Gasteiger partial charge in [-0.1, -0.05) is 6.42 Å². The van der Waals surface area contributed by atoms with E-state index in [0.29, 0.717) is 5.92 Å². The first kappa shape index (κ1) is 6.44. The van der Waals surface area contributed by atoms with Crippen LogP contribution < -0.4 is 0 Å². The first-order chi connectivity index (χ1) is 5.33. The number of aliphatic hydroxyl groups is 1. The first-order valence-corrected chi connectivity index (χ1v) is 4.65. The van der Waals surface area contributed by atoms with Crippen molar-refractivity contribution in [2.75, 3.05) is 6.61 Å². The highest BCUT2D eigenvalue weighted by Gasteiger charge is 2.64. The molecule has 0 aromatic rings. The van der Waals surface area contributed by atoms with Crippen molar-refractivity contribution in [3.05, 3.63) is 0 Å². The molecule has 2 bridgehead atoms. The molecule has 4 aliphatic rings. The van der Waals surface area contributed by atoms with Crippen LogP contribution in [0.15, 0.2) is 0 Å². The lowest BCUT2D eigenvalue weighted by molar-refractivity contribution is -0.158. The van der Waals surface area contributed by atoms with Gasteiger partial charge in [0.1, 0.15) is 0 Å². The van der Waals surface area contributed by atoms with Gasteiger partial charge >= 0.3 is 0 Å². The molecule has 11 heavy (non-hydrogen) atoms. The Kier molecular flexibility index (Phi) is 1.06. The Morgan fingerprint density at radius 1 is 1.36 bits per heavy atom. The second-order valence-corrected chi connectivity index (χ2v) is 4.28. The molecule has 4 rings (SSSR count). The van der Waals surface area contributed by atoms with Gasteiger partial charge in [-0.2, -0.15) is 0 Å². The molecule has 2 aliphatic heterocycles.